The van der Waals surface area contributed by atoms with Gasteiger partial charge in [-0.1, -0.05) is 204 Å². The lowest BCUT2D eigenvalue weighted by Gasteiger charge is -1.85. The van der Waals surface area contributed by atoms with Gasteiger partial charge in [0.2, 0.25) is 0 Å². The zero-order valence-corrected chi connectivity index (χ0v) is 22.6. The molecule has 0 atom stereocenters. The summed E-state index contributed by atoms with van der Waals surface area (Å²) in [5.41, 5.74) is 4.54. The normalized spacial score (nSPS) is 7.49. The molecule has 0 aromatic heterocycles. The molecule has 0 saturated carbocycles. The van der Waals surface area contributed by atoms with Crippen molar-refractivity contribution < 1.29 is 0 Å². The lowest BCUT2D eigenvalue weighted by atomic mass is 10.2. The van der Waals surface area contributed by atoms with Crippen LogP contribution in [0.4, 0.5) is 0 Å². The van der Waals surface area contributed by atoms with E-state index in [0.717, 1.165) is 5.57 Å². The van der Waals surface area contributed by atoms with Crippen LogP contribution < -0.4 is 0 Å². The highest BCUT2D eigenvalue weighted by Gasteiger charge is 1.77. The second kappa shape index (κ2) is 31.3. The summed E-state index contributed by atoms with van der Waals surface area (Å²) < 4.78 is 0. The summed E-state index contributed by atoms with van der Waals surface area (Å²) in [6, 6.07) is 30.1. The van der Waals surface area contributed by atoms with E-state index in [1.807, 2.05) is 116 Å². The maximum absolute atomic E-state index is 3.63. The van der Waals surface area contributed by atoms with Gasteiger partial charge in [0.25, 0.3) is 0 Å². The summed E-state index contributed by atoms with van der Waals surface area (Å²) in [5.74, 6) is 0. The molecular weight excluding hydrogens is 444 g/mol. The largest absolute Gasteiger partial charge is 0.0991 e. The Balaban J connectivity index is -0.000000386. The molecule has 3 rings (SSSR count). The predicted molar refractivity (Wildman–Crippen MR) is 175 cm³/mol. The van der Waals surface area contributed by atoms with E-state index in [1.165, 1.54) is 16.7 Å². The van der Waals surface area contributed by atoms with Crippen LogP contribution in [0.3, 0.4) is 0 Å². The van der Waals surface area contributed by atoms with Gasteiger partial charge in [-0.2, -0.15) is 0 Å². The number of allylic oxidation sites excluding steroid dienone is 6. The summed E-state index contributed by atoms with van der Waals surface area (Å²) in [6.45, 7) is 33.3. The molecule has 0 aliphatic heterocycles. The molecule has 3 aromatic rings. The summed E-state index contributed by atoms with van der Waals surface area (Å²) in [5, 5.41) is 0. The number of benzene rings is 3. The van der Waals surface area contributed by atoms with Crippen LogP contribution in [0, 0.1) is 0 Å². The Morgan fingerprint density at radius 3 is 0.703 bits per heavy atom. The average Bonchev–Trinajstić information content (AvgIpc) is 2.99. The maximum atomic E-state index is 3.63. The first kappa shape index (κ1) is 36.9. The molecule has 0 aliphatic rings. The molecule has 0 spiro atoms. The average molecular weight is 489 g/mol. The first-order chi connectivity index (χ1) is 17.9. The van der Waals surface area contributed by atoms with E-state index < -0.39 is 0 Å². The van der Waals surface area contributed by atoms with Crippen molar-refractivity contribution in [1.82, 2.24) is 0 Å². The second-order valence-electron chi connectivity index (χ2n) is 6.84. The minimum absolute atomic E-state index is 1.02. The number of rotatable bonds is 6. The molecule has 0 N–H and O–H groups in total. The topological polar surface area (TPSA) is 0 Å². The molecule has 0 saturated heterocycles. The Bertz CT molecular complexity index is 876. The Morgan fingerprint density at radius 2 is 0.622 bits per heavy atom. The van der Waals surface area contributed by atoms with Crippen LogP contribution in [0.15, 0.2) is 186 Å². The summed E-state index contributed by atoms with van der Waals surface area (Å²) in [4.78, 5) is 0. The van der Waals surface area contributed by atoms with Gasteiger partial charge in [0, 0.05) is 0 Å². The van der Waals surface area contributed by atoms with Crippen LogP contribution in [0.25, 0.3) is 18.2 Å². The highest BCUT2D eigenvalue weighted by atomic mass is 13.8. The van der Waals surface area contributed by atoms with Gasteiger partial charge in [-0.25, -0.2) is 0 Å². The van der Waals surface area contributed by atoms with Crippen molar-refractivity contribution in [3.8, 4) is 0 Å². The van der Waals surface area contributed by atoms with Gasteiger partial charge in [-0.3, -0.25) is 0 Å². The van der Waals surface area contributed by atoms with Gasteiger partial charge in [0.1, 0.15) is 0 Å². The zero-order chi connectivity index (χ0) is 28.6. The third-order valence-electron chi connectivity index (χ3n) is 3.79. The zero-order valence-electron chi connectivity index (χ0n) is 22.6. The third kappa shape index (κ3) is 31.3. The van der Waals surface area contributed by atoms with Crippen molar-refractivity contribution in [3.05, 3.63) is 203 Å². The van der Waals surface area contributed by atoms with Gasteiger partial charge < -0.3 is 0 Å². The molecule has 3 aromatic carbocycles. The fourth-order valence-electron chi connectivity index (χ4n) is 1.77. The second-order valence-corrected chi connectivity index (χ2v) is 6.84. The summed E-state index contributed by atoms with van der Waals surface area (Å²) in [7, 11) is 0. The van der Waals surface area contributed by atoms with E-state index in [2.05, 4.69) is 59.2 Å². The van der Waals surface area contributed by atoms with Crippen molar-refractivity contribution >= 4 is 18.2 Å². The smallest absolute Gasteiger partial charge is 0.0263 e. The van der Waals surface area contributed by atoms with Crippen LogP contribution in [0.1, 0.15) is 23.6 Å². The molecule has 0 heteroatoms. The third-order valence-corrected chi connectivity index (χ3v) is 3.79. The van der Waals surface area contributed by atoms with Crippen molar-refractivity contribution in [2.24, 2.45) is 0 Å². The van der Waals surface area contributed by atoms with Crippen LogP contribution in [-0.4, -0.2) is 0 Å². The van der Waals surface area contributed by atoms with Crippen LogP contribution in [0.2, 0.25) is 0 Å². The minimum Gasteiger partial charge on any atom is -0.0991 e. The Hall–Kier alpha value is -4.68. The molecule has 0 amide bonds. The van der Waals surface area contributed by atoms with Gasteiger partial charge in [-0.15, -0.1) is 0 Å². The van der Waals surface area contributed by atoms with E-state index in [4.69, 9.17) is 0 Å². The first-order valence-corrected chi connectivity index (χ1v) is 11.7. The highest BCUT2D eigenvalue weighted by molar-refractivity contribution is 5.46. The van der Waals surface area contributed by atoms with Crippen molar-refractivity contribution in [2.75, 3.05) is 0 Å². The molecule has 0 radical (unpaired) electrons. The number of hydrogen-bond acceptors (Lipinski definition) is 0. The van der Waals surface area contributed by atoms with Gasteiger partial charge in [0.05, 0.1) is 0 Å². The van der Waals surface area contributed by atoms with E-state index in [9.17, 15) is 0 Å². The molecule has 192 valence electrons. The molecule has 0 heterocycles. The molecule has 0 bridgehead atoms. The predicted octanol–water partition coefficient (Wildman–Crippen LogP) is 11.5. The van der Waals surface area contributed by atoms with Crippen LogP contribution in [-0.2, 0) is 0 Å². The Morgan fingerprint density at radius 1 is 0.432 bits per heavy atom. The van der Waals surface area contributed by atoms with Crippen molar-refractivity contribution in [2.45, 2.75) is 6.92 Å². The van der Waals surface area contributed by atoms with E-state index in [0.29, 0.717) is 0 Å². The van der Waals surface area contributed by atoms with Crippen molar-refractivity contribution in [1.29, 1.82) is 0 Å². The van der Waals surface area contributed by atoms with E-state index in [-0.39, 0.29) is 0 Å². The Labute approximate surface area is 227 Å². The quantitative estimate of drug-likeness (QED) is 0.303. The van der Waals surface area contributed by atoms with E-state index >= 15 is 0 Å². The molecular formula is C37H44. The number of hydrogen-bond donors (Lipinski definition) is 0. The molecule has 0 aliphatic carbocycles. The fourth-order valence-corrected chi connectivity index (χ4v) is 1.77. The summed E-state index contributed by atoms with van der Waals surface area (Å²) in [6.07, 6.45) is 13.8. The van der Waals surface area contributed by atoms with Crippen LogP contribution in [0.5, 0.6) is 0 Å². The Kier molecular flexibility index (Phi) is 31.2. The van der Waals surface area contributed by atoms with Crippen molar-refractivity contribution in [3.63, 3.8) is 0 Å². The van der Waals surface area contributed by atoms with E-state index in [1.54, 1.807) is 30.4 Å². The van der Waals surface area contributed by atoms with Gasteiger partial charge in [0.15, 0.2) is 0 Å². The van der Waals surface area contributed by atoms with Crippen LogP contribution >= 0.6 is 0 Å². The summed E-state index contributed by atoms with van der Waals surface area (Å²) >= 11 is 0. The maximum Gasteiger partial charge on any atom is -0.0263 e. The minimum atomic E-state index is 1.02. The van der Waals surface area contributed by atoms with Gasteiger partial charge in [-0.05, 0) is 23.6 Å². The molecule has 37 heavy (non-hydrogen) atoms. The van der Waals surface area contributed by atoms with Gasteiger partial charge >= 0.3 is 0 Å². The lowest BCUT2D eigenvalue weighted by Crippen LogP contribution is -1.63. The SMILES string of the molecule is C=CC(=C)C.C=CC=C.C=CC=C.C=Cc1ccccc1.C=Cc1ccccc1.C=Cc1ccccc1. The molecule has 0 unspecified atom stereocenters. The molecule has 0 fully saturated rings. The monoisotopic (exact) mass is 488 g/mol. The first-order valence-electron chi connectivity index (χ1n) is 11.7. The highest BCUT2D eigenvalue weighted by Crippen LogP contribution is 1.98. The molecule has 0 nitrogen and oxygen atoms in total. The standard InChI is InChI=1S/3C8H8.C5H8.2C4H6/c3*1-2-8-6-4-3-5-7-8;1-4-5(2)3;2*1-3-4-2/h3*2-7H,1H2;4H,1-2H2,3H3;2*3-4H,1-2H2. The lowest BCUT2D eigenvalue weighted by molar-refractivity contribution is 1.58. The fraction of sp³-hybridized carbons (Fsp3) is 0.0270.